The Balaban J connectivity index is 1.49. The largest absolute Gasteiger partial charge is 0.477 e. The average Bonchev–Trinajstić information content (AvgIpc) is 3.68. The van der Waals surface area contributed by atoms with Crippen LogP contribution in [-0.2, 0) is 26.8 Å². The van der Waals surface area contributed by atoms with Crippen molar-refractivity contribution in [2.75, 3.05) is 6.61 Å². The molecule has 0 bridgehead atoms. The van der Waals surface area contributed by atoms with Crippen molar-refractivity contribution in [3.05, 3.63) is 59.9 Å². The average molecular weight is 500 g/mol. The van der Waals surface area contributed by atoms with Crippen LogP contribution >= 0.6 is 0 Å². The number of rotatable bonds is 11. The number of hydrogen-bond donors (Lipinski definition) is 0. The van der Waals surface area contributed by atoms with Crippen molar-refractivity contribution in [3.8, 4) is 17.1 Å². The second kappa shape index (κ2) is 10.5. The zero-order chi connectivity index (χ0) is 25.0. The van der Waals surface area contributed by atoms with Crippen molar-refractivity contribution in [1.29, 1.82) is 0 Å². The molecule has 35 heavy (non-hydrogen) atoms. The molecule has 3 aromatic heterocycles. The van der Waals surface area contributed by atoms with Crippen LogP contribution in [0.1, 0.15) is 56.2 Å². The summed E-state index contributed by atoms with van der Waals surface area (Å²) in [5.41, 5.74) is 1.25. The third kappa shape index (κ3) is 6.02. The molecule has 0 aliphatic heterocycles. The summed E-state index contributed by atoms with van der Waals surface area (Å²) in [6.45, 7) is 4.07. The fourth-order valence-corrected chi connectivity index (χ4v) is 5.32. The molecule has 0 amide bonds. The number of halogens is 1. The molecule has 1 saturated carbocycles. The van der Waals surface area contributed by atoms with E-state index in [1.807, 2.05) is 13.8 Å². The fourth-order valence-electron chi connectivity index (χ4n) is 3.73. The van der Waals surface area contributed by atoms with Gasteiger partial charge >= 0.3 is 0 Å². The van der Waals surface area contributed by atoms with Gasteiger partial charge in [0.25, 0.3) is 0 Å². The van der Waals surface area contributed by atoms with E-state index in [0.29, 0.717) is 48.7 Å². The number of ketones is 1. The van der Waals surface area contributed by atoms with E-state index >= 15 is 0 Å². The fraction of sp³-hybridized carbons (Fsp3) is 0.417. The third-order valence-corrected chi connectivity index (χ3v) is 7.85. The molecular weight excluding hydrogens is 473 g/mol. The molecule has 0 spiro atoms. The van der Waals surface area contributed by atoms with E-state index < -0.39 is 21.6 Å². The second-order valence-corrected chi connectivity index (χ2v) is 10.6. The van der Waals surface area contributed by atoms with E-state index in [4.69, 9.17) is 4.74 Å². The normalized spacial score (nSPS) is 14.5. The Bertz CT molecular complexity index is 1330. The number of aromatic nitrogens is 5. The monoisotopic (exact) mass is 499 g/mol. The number of carbonyl (C=O) groups excluding carboxylic acids is 1. The molecule has 1 aliphatic rings. The predicted octanol–water partition coefficient (Wildman–Crippen LogP) is 3.25. The Hall–Kier alpha value is -3.34. The highest BCUT2D eigenvalue weighted by molar-refractivity contribution is 7.91. The molecule has 0 N–H and O–H groups in total. The molecule has 3 aromatic rings. The molecule has 1 unspecified atom stereocenters. The van der Waals surface area contributed by atoms with Crippen molar-refractivity contribution in [2.24, 2.45) is 0 Å². The quantitative estimate of drug-likeness (QED) is 0.391. The lowest BCUT2D eigenvalue weighted by Gasteiger charge is -2.14. The van der Waals surface area contributed by atoms with Gasteiger partial charge in [-0.2, -0.15) is 0 Å². The smallest absolute Gasteiger partial charge is 0.232 e. The summed E-state index contributed by atoms with van der Waals surface area (Å²) >= 11 is 0. The number of carbonyl (C=O) groups is 1. The number of hydrogen-bond acceptors (Lipinski definition) is 9. The molecule has 3 heterocycles. The Kier molecular flexibility index (Phi) is 7.44. The summed E-state index contributed by atoms with van der Waals surface area (Å²) in [5, 5.41) is -0.317. The molecule has 4 rings (SSSR count). The van der Waals surface area contributed by atoms with Gasteiger partial charge in [0.2, 0.25) is 5.88 Å². The predicted molar refractivity (Wildman–Crippen MR) is 126 cm³/mol. The molecule has 1 aliphatic carbocycles. The minimum atomic E-state index is -3.28. The van der Waals surface area contributed by atoms with Gasteiger partial charge in [0.05, 0.1) is 53.7 Å². The van der Waals surface area contributed by atoms with Crippen molar-refractivity contribution in [1.82, 2.24) is 24.9 Å². The van der Waals surface area contributed by atoms with E-state index in [2.05, 4.69) is 24.9 Å². The van der Waals surface area contributed by atoms with Crippen molar-refractivity contribution < 1.29 is 22.3 Å². The zero-order valence-electron chi connectivity index (χ0n) is 19.5. The van der Waals surface area contributed by atoms with Gasteiger partial charge in [0, 0.05) is 18.0 Å². The molecule has 184 valence electrons. The van der Waals surface area contributed by atoms with Crippen LogP contribution < -0.4 is 4.74 Å². The van der Waals surface area contributed by atoms with Crippen LogP contribution in [0.25, 0.3) is 11.3 Å². The zero-order valence-corrected chi connectivity index (χ0v) is 20.3. The summed E-state index contributed by atoms with van der Waals surface area (Å²) in [6.07, 6.45) is 7.37. The highest BCUT2D eigenvalue weighted by Gasteiger charge is 2.36. The lowest BCUT2D eigenvalue weighted by molar-refractivity contribution is -0.120. The first-order chi connectivity index (χ1) is 16.8. The van der Waals surface area contributed by atoms with Gasteiger partial charge in [0.1, 0.15) is 23.2 Å². The first kappa shape index (κ1) is 24.8. The third-order valence-electron chi connectivity index (χ3n) is 5.70. The summed E-state index contributed by atoms with van der Waals surface area (Å²) in [4.78, 5) is 34.0. The number of Topliss-reactive ketones (excluding diaryl/α,β-unsaturated/α-hetero) is 1. The standard InChI is InChI=1S/C24H26FN5O4S/c1-3-17(19-7-8-27-23(29-19)14-35(32,33)16-5-6-16)22(31)10-20-18(25)9-15(11-28-20)21-12-26-13-24(30-21)34-4-2/h7-9,11-13,16-17H,3-6,10,14H2,1-2H3. The van der Waals surface area contributed by atoms with Gasteiger partial charge in [-0.3, -0.25) is 14.8 Å². The Labute approximate surface area is 203 Å². The van der Waals surface area contributed by atoms with E-state index in [-0.39, 0.29) is 34.7 Å². The van der Waals surface area contributed by atoms with Crippen molar-refractivity contribution in [3.63, 3.8) is 0 Å². The topological polar surface area (TPSA) is 125 Å². The summed E-state index contributed by atoms with van der Waals surface area (Å²) < 4.78 is 44.8. The van der Waals surface area contributed by atoms with Crippen LogP contribution in [0.15, 0.2) is 36.9 Å². The van der Waals surface area contributed by atoms with Crippen LogP contribution in [-0.4, -0.2) is 51.0 Å². The Morgan fingerprint density at radius 1 is 1.17 bits per heavy atom. The first-order valence-corrected chi connectivity index (χ1v) is 13.2. The Morgan fingerprint density at radius 2 is 1.97 bits per heavy atom. The second-order valence-electron chi connectivity index (χ2n) is 8.34. The maximum absolute atomic E-state index is 14.9. The van der Waals surface area contributed by atoms with Crippen LogP contribution in [0.5, 0.6) is 5.88 Å². The van der Waals surface area contributed by atoms with Gasteiger partial charge in [-0.15, -0.1) is 0 Å². The van der Waals surface area contributed by atoms with E-state index in [0.717, 1.165) is 0 Å². The molecule has 11 heteroatoms. The lowest BCUT2D eigenvalue weighted by Crippen LogP contribution is -2.19. The highest BCUT2D eigenvalue weighted by atomic mass is 32.2. The molecular formula is C24H26FN5O4S. The van der Waals surface area contributed by atoms with Crippen molar-refractivity contribution >= 4 is 15.6 Å². The maximum Gasteiger partial charge on any atom is 0.232 e. The molecule has 0 radical (unpaired) electrons. The first-order valence-electron chi connectivity index (χ1n) is 11.5. The molecule has 9 nitrogen and oxygen atoms in total. The van der Waals surface area contributed by atoms with E-state index in [1.54, 1.807) is 6.07 Å². The molecule has 1 atom stereocenters. The molecule has 0 saturated heterocycles. The van der Waals surface area contributed by atoms with E-state index in [1.165, 1.54) is 30.9 Å². The summed E-state index contributed by atoms with van der Waals surface area (Å²) in [6, 6.07) is 2.86. The van der Waals surface area contributed by atoms with Crippen molar-refractivity contribution in [2.45, 2.75) is 56.5 Å². The van der Waals surface area contributed by atoms with Crippen LogP contribution in [0.4, 0.5) is 4.39 Å². The molecule has 1 fully saturated rings. The van der Waals surface area contributed by atoms with Gasteiger partial charge in [-0.1, -0.05) is 6.92 Å². The maximum atomic E-state index is 14.9. The van der Waals surface area contributed by atoms with Crippen LogP contribution in [0.3, 0.4) is 0 Å². The van der Waals surface area contributed by atoms with Gasteiger partial charge in [-0.05, 0) is 38.3 Å². The van der Waals surface area contributed by atoms with Crippen LogP contribution in [0, 0.1) is 5.82 Å². The highest BCUT2D eigenvalue weighted by Crippen LogP contribution is 2.30. The minimum absolute atomic E-state index is 0.0108. The van der Waals surface area contributed by atoms with Gasteiger partial charge in [0.15, 0.2) is 9.84 Å². The number of sulfone groups is 1. The SMILES string of the molecule is CCOc1cncc(-c2cnc(CC(=O)C(CC)c3ccnc(CS(=O)(=O)C4CC4)n3)c(F)c2)n1. The van der Waals surface area contributed by atoms with Crippen LogP contribution in [0.2, 0.25) is 0 Å². The number of ether oxygens (including phenoxy) is 1. The minimum Gasteiger partial charge on any atom is -0.477 e. The van der Waals surface area contributed by atoms with E-state index in [9.17, 15) is 17.6 Å². The summed E-state index contributed by atoms with van der Waals surface area (Å²) in [7, 11) is -3.28. The summed E-state index contributed by atoms with van der Waals surface area (Å²) in [5.74, 6) is -1.28. The van der Waals surface area contributed by atoms with Gasteiger partial charge < -0.3 is 4.74 Å². The number of nitrogens with zero attached hydrogens (tertiary/aromatic N) is 5. The number of pyridine rings is 1. The molecule has 0 aromatic carbocycles. The Morgan fingerprint density at radius 3 is 2.66 bits per heavy atom. The lowest BCUT2D eigenvalue weighted by atomic mass is 9.93. The van der Waals surface area contributed by atoms with Gasteiger partial charge in [-0.25, -0.2) is 27.8 Å².